The Morgan fingerprint density at radius 3 is 2.48 bits per heavy atom. The highest BCUT2D eigenvalue weighted by molar-refractivity contribution is 14.1. The van der Waals surface area contributed by atoms with Crippen molar-refractivity contribution in [2.45, 2.75) is 45.6 Å². The van der Waals surface area contributed by atoms with Crippen molar-refractivity contribution in [3.05, 3.63) is 56.9 Å². The van der Waals surface area contributed by atoms with Crippen LogP contribution in [0, 0.1) is 26.4 Å². The number of carbonyl (C=O) groups excluding carboxylic acids is 1. The van der Waals surface area contributed by atoms with E-state index in [1.165, 1.54) is 23.1 Å². The van der Waals surface area contributed by atoms with E-state index in [0.29, 0.717) is 9.99 Å². The Balaban J connectivity index is 1.79. The smallest absolute Gasteiger partial charge is 0.256 e. The highest BCUT2D eigenvalue weighted by atomic mass is 127. The lowest BCUT2D eigenvalue weighted by Gasteiger charge is -2.47. The summed E-state index contributed by atoms with van der Waals surface area (Å²) in [6.07, 6.45) is 2.34. The highest BCUT2D eigenvalue weighted by Gasteiger charge is 2.44. The van der Waals surface area contributed by atoms with Crippen LogP contribution in [0.3, 0.4) is 0 Å². The lowest BCUT2D eigenvalue weighted by atomic mass is 9.78. The van der Waals surface area contributed by atoms with E-state index >= 15 is 0 Å². The van der Waals surface area contributed by atoms with Gasteiger partial charge in [0.05, 0.1) is 35.6 Å². The predicted molar refractivity (Wildman–Crippen MR) is 123 cm³/mol. The molecule has 1 saturated heterocycles. The molecular weight excluding hydrogens is 520 g/mol. The average molecular weight is 546 g/mol. The molecule has 1 aliphatic heterocycles. The Kier molecular flexibility index (Phi) is 6.90. The first-order valence-corrected chi connectivity index (χ1v) is 11.2. The van der Waals surface area contributed by atoms with Crippen LogP contribution in [0.25, 0.3) is 0 Å². The summed E-state index contributed by atoms with van der Waals surface area (Å²) in [6.45, 7) is 6.57. The maximum atomic E-state index is 14.6. The van der Waals surface area contributed by atoms with Gasteiger partial charge >= 0.3 is 0 Å². The summed E-state index contributed by atoms with van der Waals surface area (Å²) in [4.78, 5) is 14.4. The zero-order valence-corrected chi connectivity index (χ0v) is 19.9. The number of nitrogens with one attached hydrogen (secondary N) is 1. The SMILES string of the molecule is CCC(C)(C)CCC1(O)CN(C(=O)c2ccc(F)c(F)c2Nc2ccc(I)cc2F)C1. The molecule has 1 amide bonds. The summed E-state index contributed by atoms with van der Waals surface area (Å²) in [5, 5.41) is 13.2. The first-order chi connectivity index (χ1) is 14.4. The largest absolute Gasteiger partial charge is 0.386 e. The molecule has 0 radical (unpaired) electrons. The fraction of sp³-hybridized carbons (Fsp3) is 0.435. The molecule has 0 aliphatic carbocycles. The van der Waals surface area contributed by atoms with Crippen LogP contribution >= 0.6 is 22.6 Å². The third-order valence-electron chi connectivity index (χ3n) is 6.00. The third kappa shape index (κ3) is 5.34. The van der Waals surface area contributed by atoms with Gasteiger partial charge in [0.2, 0.25) is 0 Å². The van der Waals surface area contributed by atoms with Crippen molar-refractivity contribution in [3.63, 3.8) is 0 Å². The number of β-amino-alcohol motifs (C(OH)–C–C–N with tert-alkyl or cyclic N) is 1. The Hall–Kier alpha value is -1.81. The Labute approximate surface area is 194 Å². The molecule has 1 heterocycles. The van der Waals surface area contributed by atoms with Gasteiger partial charge in [0.15, 0.2) is 11.6 Å². The Morgan fingerprint density at radius 2 is 1.87 bits per heavy atom. The van der Waals surface area contributed by atoms with Crippen molar-refractivity contribution in [2.24, 2.45) is 5.41 Å². The monoisotopic (exact) mass is 546 g/mol. The maximum absolute atomic E-state index is 14.6. The van der Waals surface area contributed by atoms with E-state index in [-0.39, 0.29) is 29.8 Å². The minimum atomic E-state index is -1.26. The van der Waals surface area contributed by atoms with Crippen molar-refractivity contribution in [2.75, 3.05) is 18.4 Å². The fourth-order valence-corrected chi connectivity index (χ4v) is 3.91. The van der Waals surface area contributed by atoms with Crippen LogP contribution in [0.5, 0.6) is 0 Å². The topological polar surface area (TPSA) is 52.6 Å². The molecule has 0 spiro atoms. The van der Waals surface area contributed by atoms with Crippen LogP contribution in [0.4, 0.5) is 24.5 Å². The number of amides is 1. The van der Waals surface area contributed by atoms with Gasteiger partial charge in [0.25, 0.3) is 5.91 Å². The highest BCUT2D eigenvalue weighted by Crippen LogP contribution is 2.36. The molecule has 4 nitrogen and oxygen atoms in total. The van der Waals surface area contributed by atoms with Gasteiger partial charge in [-0.05, 0) is 71.2 Å². The fourth-order valence-electron chi connectivity index (χ4n) is 3.46. The molecule has 3 rings (SSSR count). The van der Waals surface area contributed by atoms with Gasteiger partial charge in [-0.2, -0.15) is 0 Å². The number of hydrogen-bond acceptors (Lipinski definition) is 3. The minimum Gasteiger partial charge on any atom is -0.386 e. The Bertz CT molecular complexity index is 991. The van der Waals surface area contributed by atoms with Crippen molar-refractivity contribution in [1.82, 2.24) is 4.90 Å². The molecule has 2 aromatic carbocycles. The second kappa shape index (κ2) is 8.97. The molecule has 168 valence electrons. The van der Waals surface area contributed by atoms with E-state index in [0.717, 1.165) is 18.9 Å². The first-order valence-electron chi connectivity index (χ1n) is 10.2. The van der Waals surface area contributed by atoms with Gasteiger partial charge in [0.1, 0.15) is 5.82 Å². The number of nitrogens with zero attached hydrogens (tertiary/aromatic N) is 1. The molecule has 0 atom stereocenters. The minimum absolute atomic E-state index is 0.0686. The number of carbonyl (C=O) groups is 1. The lowest BCUT2D eigenvalue weighted by molar-refractivity contribution is -0.0911. The number of halogens is 4. The van der Waals surface area contributed by atoms with E-state index < -0.39 is 34.6 Å². The number of benzene rings is 2. The number of hydrogen-bond donors (Lipinski definition) is 2. The van der Waals surface area contributed by atoms with E-state index in [9.17, 15) is 23.1 Å². The average Bonchev–Trinajstić information content (AvgIpc) is 2.69. The summed E-state index contributed by atoms with van der Waals surface area (Å²) in [7, 11) is 0. The van der Waals surface area contributed by atoms with Crippen LogP contribution in [0.2, 0.25) is 0 Å². The van der Waals surface area contributed by atoms with Gasteiger partial charge in [-0.3, -0.25) is 4.79 Å². The maximum Gasteiger partial charge on any atom is 0.256 e. The molecule has 0 bridgehead atoms. The molecule has 2 aromatic rings. The van der Waals surface area contributed by atoms with E-state index in [2.05, 4.69) is 26.1 Å². The molecule has 0 unspecified atom stereocenters. The quantitative estimate of drug-likeness (QED) is 0.429. The summed E-state index contributed by atoms with van der Waals surface area (Å²) < 4.78 is 43.3. The third-order valence-corrected chi connectivity index (χ3v) is 6.67. The predicted octanol–water partition coefficient (Wildman–Crippen LogP) is 5.86. The van der Waals surface area contributed by atoms with E-state index in [1.807, 2.05) is 22.6 Å². The molecular formula is C23H26F3IN2O2. The molecule has 1 aliphatic rings. The summed E-state index contributed by atoms with van der Waals surface area (Å²) in [5.74, 6) is -3.60. The second-order valence-electron chi connectivity index (χ2n) is 8.94. The standard InChI is InChI=1S/C23H26F3IN2O2/c1-4-22(2,3)9-10-23(31)12-29(13-23)21(30)15-6-7-16(24)19(26)20(15)28-18-8-5-14(27)11-17(18)25/h5-8,11,28,31H,4,9-10,12-13H2,1-3H3. The second-order valence-corrected chi connectivity index (χ2v) is 10.2. The summed E-state index contributed by atoms with van der Waals surface area (Å²) >= 11 is 1.93. The van der Waals surface area contributed by atoms with Crippen molar-refractivity contribution >= 4 is 39.9 Å². The van der Waals surface area contributed by atoms with Gasteiger partial charge < -0.3 is 15.3 Å². The van der Waals surface area contributed by atoms with Crippen molar-refractivity contribution in [1.29, 1.82) is 0 Å². The van der Waals surface area contributed by atoms with Crippen molar-refractivity contribution < 1.29 is 23.1 Å². The van der Waals surface area contributed by atoms with Crippen molar-refractivity contribution in [3.8, 4) is 0 Å². The van der Waals surface area contributed by atoms with Gasteiger partial charge in [0, 0.05) is 3.57 Å². The number of aliphatic hydroxyl groups is 1. The van der Waals surface area contributed by atoms with Crippen LogP contribution in [0.15, 0.2) is 30.3 Å². The zero-order chi connectivity index (χ0) is 23.0. The molecule has 0 aromatic heterocycles. The molecule has 0 saturated carbocycles. The number of rotatable bonds is 7. The van der Waals surface area contributed by atoms with E-state index in [1.54, 1.807) is 6.07 Å². The van der Waals surface area contributed by atoms with Gasteiger partial charge in [-0.15, -0.1) is 0 Å². The van der Waals surface area contributed by atoms with E-state index in [4.69, 9.17) is 0 Å². The van der Waals surface area contributed by atoms with Gasteiger partial charge in [-0.25, -0.2) is 13.2 Å². The molecule has 31 heavy (non-hydrogen) atoms. The summed E-state index contributed by atoms with van der Waals surface area (Å²) in [6, 6.07) is 6.29. The van der Waals surface area contributed by atoms with Crippen LogP contribution in [0.1, 0.15) is 50.4 Å². The van der Waals surface area contributed by atoms with Crippen LogP contribution in [-0.4, -0.2) is 34.6 Å². The Morgan fingerprint density at radius 1 is 1.19 bits per heavy atom. The first kappa shape index (κ1) is 23.8. The zero-order valence-electron chi connectivity index (χ0n) is 17.7. The normalized spacial score (nSPS) is 15.5. The summed E-state index contributed by atoms with van der Waals surface area (Å²) in [5.41, 5.74) is -1.51. The molecule has 1 fully saturated rings. The molecule has 2 N–H and O–H groups in total. The molecule has 8 heteroatoms. The lowest BCUT2D eigenvalue weighted by Crippen LogP contribution is -2.63. The number of anilines is 2. The van der Waals surface area contributed by atoms with Crippen LogP contribution < -0.4 is 5.32 Å². The number of likely N-dealkylation sites (tertiary alicyclic amines) is 1. The van der Waals surface area contributed by atoms with Gasteiger partial charge in [-0.1, -0.05) is 27.2 Å². The van der Waals surface area contributed by atoms with Crippen LogP contribution in [-0.2, 0) is 0 Å².